The molecule has 7 N–H and O–H groups in total. The molecule has 0 aromatic carbocycles. The molecule has 0 aromatic heterocycles. The van der Waals surface area contributed by atoms with Gasteiger partial charge in [0.25, 0.3) is 0 Å². The second-order valence-electron chi connectivity index (χ2n) is 38.3. The maximum absolute atomic E-state index is 5.29. The Labute approximate surface area is 605 Å². The van der Waals surface area contributed by atoms with E-state index in [4.69, 9.17) is 4.74 Å². The minimum Gasteiger partial charge on any atom is -0.380 e. The molecule has 2 unspecified atom stereocenters. The first-order valence-electron chi connectivity index (χ1n) is 42.2. The van der Waals surface area contributed by atoms with Gasteiger partial charge in [-0.25, -0.2) is 0 Å². The third-order valence-electron chi connectivity index (χ3n) is 28.9. The molecule has 16 heteroatoms. The summed E-state index contributed by atoms with van der Waals surface area (Å²) in [5.41, 5.74) is 5.29. The molecule has 572 valence electrons. The lowest BCUT2D eigenvalue weighted by molar-refractivity contribution is -0.141. The van der Waals surface area contributed by atoms with Gasteiger partial charge in [-0.15, -0.1) is 0 Å². The maximum Gasteiger partial charge on any atom is 0.0545 e. The minimum atomic E-state index is 0.518. The first kappa shape index (κ1) is 81.4. The Hall–Kier alpha value is -0.640. The van der Waals surface area contributed by atoms with Crippen molar-refractivity contribution in [3.8, 4) is 0 Å². The lowest BCUT2D eigenvalue weighted by Crippen LogP contribution is -2.72. The van der Waals surface area contributed by atoms with E-state index in [0.29, 0.717) is 38.0 Å². The summed E-state index contributed by atoms with van der Waals surface area (Å²) in [6.07, 6.45) is 26.7. The van der Waals surface area contributed by atoms with E-state index in [0.717, 1.165) is 67.0 Å². The fourth-order valence-corrected chi connectivity index (χ4v) is 20.0. The van der Waals surface area contributed by atoms with Crippen LogP contribution in [0.2, 0.25) is 0 Å². The lowest BCUT2D eigenvalue weighted by Gasteiger charge is -2.57. The van der Waals surface area contributed by atoms with Crippen molar-refractivity contribution in [3.63, 3.8) is 0 Å². The van der Waals surface area contributed by atoms with Crippen LogP contribution in [0.25, 0.3) is 0 Å². The molecule has 0 aromatic rings. The first-order valence-corrected chi connectivity index (χ1v) is 42.2. The Kier molecular flexibility index (Phi) is 31.0. The highest BCUT2D eigenvalue weighted by Crippen LogP contribution is 2.43. The lowest BCUT2D eigenvalue weighted by atomic mass is 9.71. The van der Waals surface area contributed by atoms with Gasteiger partial charge in [0, 0.05) is 143 Å². The summed E-state index contributed by atoms with van der Waals surface area (Å²) in [5.74, 6) is 0. The van der Waals surface area contributed by atoms with Gasteiger partial charge in [0.15, 0.2) is 0 Å². The number of nitrogens with zero attached hydrogens (tertiary/aromatic N) is 8. The summed E-state index contributed by atoms with van der Waals surface area (Å²) in [7, 11) is 0. The van der Waals surface area contributed by atoms with Crippen LogP contribution in [-0.2, 0) is 4.74 Å². The molecular weight excluding hydrogens is 1210 g/mol. The molecule has 2 atom stereocenters. The quantitative estimate of drug-likeness (QED) is 0.125. The smallest absolute Gasteiger partial charge is 0.0545 e. The fraction of sp³-hybridized carbons (Fsp3) is 1.00. The van der Waals surface area contributed by atoms with Gasteiger partial charge >= 0.3 is 0 Å². The third-order valence-corrected chi connectivity index (χ3v) is 28.9. The monoisotopic (exact) mass is 1370 g/mol. The molecule has 0 saturated carbocycles. The van der Waals surface area contributed by atoms with Crippen LogP contribution in [0.15, 0.2) is 0 Å². The summed E-state index contributed by atoms with van der Waals surface area (Å²) in [4.78, 5) is 20.8. The van der Waals surface area contributed by atoms with E-state index in [9.17, 15) is 0 Å². The van der Waals surface area contributed by atoms with Crippen LogP contribution in [-0.4, -0.2) is 296 Å². The molecule has 16 heterocycles. The van der Waals surface area contributed by atoms with Crippen molar-refractivity contribution in [1.29, 1.82) is 0 Å². The molecule has 16 saturated heterocycles. The van der Waals surface area contributed by atoms with Crippen LogP contribution in [0.5, 0.6) is 0 Å². The van der Waals surface area contributed by atoms with Crippen molar-refractivity contribution < 1.29 is 4.74 Å². The normalized spacial score (nSPS) is 31.1. The van der Waals surface area contributed by atoms with Gasteiger partial charge in [-0.05, 0) is 371 Å². The van der Waals surface area contributed by atoms with Gasteiger partial charge < -0.3 is 71.4 Å². The van der Waals surface area contributed by atoms with E-state index in [2.05, 4.69) is 187 Å². The van der Waals surface area contributed by atoms with E-state index < -0.39 is 0 Å². The molecule has 16 rings (SSSR count). The van der Waals surface area contributed by atoms with Crippen molar-refractivity contribution in [2.75, 3.05) is 203 Å². The Morgan fingerprint density at radius 2 is 0.510 bits per heavy atom. The van der Waals surface area contributed by atoms with E-state index in [-0.39, 0.29) is 0 Å². The molecule has 16 nitrogen and oxygen atoms in total. The van der Waals surface area contributed by atoms with Crippen LogP contribution in [0.4, 0.5) is 0 Å². The van der Waals surface area contributed by atoms with Gasteiger partial charge in [0.2, 0.25) is 0 Å². The predicted octanol–water partition coefficient (Wildman–Crippen LogP) is 9.99. The van der Waals surface area contributed by atoms with Crippen molar-refractivity contribution in [2.45, 2.75) is 287 Å². The molecule has 8 spiro atoms. The minimum absolute atomic E-state index is 0.518. The Bertz CT molecular complexity index is 2060. The maximum atomic E-state index is 5.29. The van der Waals surface area contributed by atoms with Crippen LogP contribution in [0.1, 0.15) is 233 Å². The standard InChI is InChI=1S/C12H24N2.2C11H22N2.3C10H20N2.C10H19NO.C8H16N2/c1-11(2)14-9-5-12(6-10-14)3-7-13-8-4-12;2*1-10(2)13-7-4-11(5-8-13)3-6-12-9-11;1-9(2)12-5-3-10(4-6-12)7-11-8-10;1-9(2)12-6-4-10(8-12)3-5-11-7-10;1-9(2)12-7-5-10(8-12)4-3-6-11-10;1-9(2)11-5-3-10(4-6-11)7-12-8-10;1-7(2)10-5-8(6-10)3-9-4-8/h11,13H,3-10H2,1-2H3;2*10,12H,3-9H2,1-2H3;3*9,11H,3-8H2,1-2H3;9H,3-8H2,1-2H3;7,9H,3-6H2,1-2H3. The van der Waals surface area contributed by atoms with Crippen LogP contribution >= 0.6 is 0 Å². The van der Waals surface area contributed by atoms with Gasteiger partial charge in [-0.3, -0.25) is 9.80 Å². The summed E-state index contributed by atoms with van der Waals surface area (Å²) >= 11 is 0. The highest BCUT2D eigenvalue weighted by atomic mass is 16.5. The van der Waals surface area contributed by atoms with E-state index in [1.54, 1.807) is 0 Å². The van der Waals surface area contributed by atoms with E-state index in [1.807, 2.05) is 0 Å². The zero-order chi connectivity index (χ0) is 70.2. The molecule has 0 radical (unpaired) electrons. The highest BCUT2D eigenvalue weighted by molar-refractivity contribution is 5.05. The van der Waals surface area contributed by atoms with Crippen molar-refractivity contribution in [3.05, 3.63) is 0 Å². The average Bonchev–Trinajstić information content (AvgIpc) is 1.22. The van der Waals surface area contributed by atoms with Crippen molar-refractivity contribution >= 4 is 0 Å². The molecule has 0 aliphatic carbocycles. The Morgan fingerprint density at radius 3 is 0.806 bits per heavy atom. The number of likely N-dealkylation sites (tertiary alicyclic amines) is 8. The van der Waals surface area contributed by atoms with Crippen molar-refractivity contribution in [2.24, 2.45) is 37.9 Å². The van der Waals surface area contributed by atoms with Gasteiger partial charge in [0.1, 0.15) is 0 Å². The zero-order valence-corrected chi connectivity index (χ0v) is 67.5. The predicted molar refractivity (Wildman–Crippen MR) is 417 cm³/mol. The summed E-state index contributed by atoms with van der Waals surface area (Å²) < 4.78 is 5.29. The van der Waals surface area contributed by atoms with Gasteiger partial charge in [-0.2, -0.15) is 0 Å². The van der Waals surface area contributed by atoms with Crippen molar-refractivity contribution in [1.82, 2.24) is 76.4 Å². The third kappa shape index (κ3) is 22.7. The van der Waals surface area contributed by atoms with Crippen LogP contribution < -0.4 is 37.2 Å². The molecule has 16 aliphatic heterocycles. The topological polar surface area (TPSA) is 119 Å². The summed E-state index contributed by atoms with van der Waals surface area (Å²) in [6, 6.07) is 5.93. The average molecular weight is 1380 g/mol. The highest BCUT2D eigenvalue weighted by Gasteiger charge is 2.49. The molecular formula is C82H163N15O. The number of hydrogen-bond donors (Lipinski definition) is 7. The molecule has 98 heavy (non-hydrogen) atoms. The molecule has 0 amide bonds. The molecule has 16 fully saturated rings. The zero-order valence-electron chi connectivity index (χ0n) is 67.5. The molecule has 0 bridgehead atoms. The van der Waals surface area contributed by atoms with Gasteiger partial charge in [-0.1, -0.05) is 0 Å². The first-order chi connectivity index (χ1) is 46.7. The molecule has 16 aliphatic rings. The van der Waals surface area contributed by atoms with Crippen LogP contribution in [0.3, 0.4) is 0 Å². The number of hydrogen-bond acceptors (Lipinski definition) is 16. The number of ether oxygens (including phenoxy) is 1. The summed E-state index contributed by atoms with van der Waals surface area (Å²) in [5, 5.41) is 24.4. The Balaban J connectivity index is 0.000000131. The van der Waals surface area contributed by atoms with Crippen LogP contribution in [0, 0.1) is 37.9 Å². The van der Waals surface area contributed by atoms with Gasteiger partial charge in [0.05, 0.1) is 13.2 Å². The Morgan fingerprint density at radius 1 is 0.224 bits per heavy atom. The second kappa shape index (κ2) is 37.3. The number of rotatable bonds is 8. The second-order valence-corrected chi connectivity index (χ2v) is 38.3. The SMILES string of the molecule is CC(C)N1CC2(CNC2)C1.CC(C)N1CCC2(CC1)CNC2.CC(C)N1CCC2(CC1)COC2.CC(C)N1CCC2(CCCN2)C1.CC(C)N1CCC2(CCNC2)C1.CC(C)N1CCC2(CCNC2)CC1.CC(C)N1CCC2(CCNC2)CC1.CC(C)N1CCC2(CCNCC2)CC1. The van der Waals surface area contributed by atoms with E-state index in [1.165, 1.54) is 312 Å². The fourth-order valence-electron chi connectivity index (χ4n) is 20.0. The number of piperidine rings is 6. The summed E-state index contributed by atoms with van der Waals surface area (Å²) in [6.45, 7) is 76.3. The number of nitrogens with one attached hydrogen (secondary N) is 7. The van der Waals surface area contributed by atoms with E-state index >= 15 is 0 Å². The largest absolute Gasteiger partial charge is 0.380 e.